The van der Waals surface area contributed by atoms with Gasteiger partial charge >= 0.3 is 0 Å². The molecule has 1 aliphatic heterocycles. The topological polar surface area (TPSA) is 30.5 Å². The molecule has 1 N–H and O–H groups in total. The molecule has 106 valence electrons. The molecule has 3 nitrogen and oxygen atoms in total. The van der Waals surface area contributed by atoms with Crippen LogP contribution in [-0.4, -0.2) is 32.5 Å². The second kappa shape index (κ2) is 7.04. The fourth-order valence-corrected chi connectivity index (χ4v) is 2.52. The summed E-state index contributed by atoms with van der Waals surface area (Å²) >= 11 is 0. The first-order chi connectivity index (χ1) is 9.20. The molecule has 19 heavy (non-hydrogen) atoms. The number of rotatable bonds is 6. The molecule has 2 unspecified atom stereocenters. The van der Waals surface area contributed by atoms with Gasteiger partial charge in [-0.25, -0.2) is 0 Å². The number of nitrogens with one attached hydrogen (secondary N) is 1. The SMILES string of the molecule is CCNC(COC1CCOC1)c1cc(C)ccc1C. The molecule has 2 rings (SSSR count). The molecule has 2 atom stereocenters. The molecule has 0 radical (unpaired) electrons. The van der Waals surface area contributed by atoms with Crippen molar-refractivity contribution in [1.29, 1.82) is 0 Å². The molecule has 0 amide bonds. The summed E-state index contributed by atoms with van der Waals surface area (Å²) in [7, 11) is 0. The van der Waals surface area contributed by atoms with Crippen LogP contribution in [0.4, 0.5) is 0 Å². The van der Waals surface area contributed by atoms with Gasteiger partial charge in [0.1, 0.15) is 0 Å². The van der Waals surface area contributed by atoms with Gasteiger partial charge in [0, 0.05) is 6.61 Å². The van der Waals surface area contributed by atoms with Crippen LogP contribution >= 0.6 is 0 Å². The minimum absolute atomic E-state index is 0.269. The molecular formula is C16H25NO2. The average Bonchev–Trinajstić information content (AvgIpc) is 2.91. The van der Waals surface area contributed by atoms with Crippen LogP contribution in [0.1, 0.15) is 36.1 Å². The lowest BCUT2D eigenvalue weighted by Crippen LogP contribution is -2.28. The van der Waals surface area contributed by atoms with E-state index in [0.717, 1.165) is 26.2 Å². The second-order valence-corrected chi connectivity index (χ2v) is 5.29. The molecule has 0 spiro atoms. The van der Waals surface area contributed by atoms with E-state index in [-0.39, 0.29) is 12.1 Å². The van der Waals surface area contributed by atoms with Crippen molar-refractivity contribution in [3.05, 3.63) is 34.9 Å². The molecular weight excluding hydrogens is 238 g/mol. The van der Waals surface area contributed by atoms with Gasteiger partial charge in [0.2, 0.25) is 0 Å². The molecule has 1 heterocycles. The number of likely N-dealkylation sites (N-methyl/N-ethyl adjacent to an activating group) is 1. The van der Waals surface area contributed by atoms with Crippen LogP contribution in [0.15, 0.2) is 18.2 Å². The summed E-state index contributed by atoms with van der Waals surface area (Å²) in [5.41, 5.74) is 3.97. The number of ether oxygens (including phenoxy) is 2. The van der Waals surface area contributed by atoms with Gasteiger partial charge < -0.3 is 14.8 Å². The highest BCUT2D eigenvalue weighted by molar-refractivity contribution is 5.33. The Bertz CT molecular complexity index is 400. The van der Waals surface area contributed by atoms with E-state index in [1.807, 2.05) is 0 Å². The van der Waals surface area contributed by atoms with Gasteiger partial charge in [-0.05, 0) is 37.9 Å². The van der Waals surface area contributed by atoms with E-state index in [1.54, 1.807) is 0 Å². The van der Waals surface area contributed by atoms with Gasteiger partial charge in [-0.3, -0.25) is 0 Å². The van der Waals surface area contributed by atoms with Crippen molar-refractivity contribution < 1.29 is 9.47 Å². The van der Waals surface area contributed by atoms with Crippen molar-refractivity contribution in [1.82, 2.24) is 5.32 Å². The lowest BCUT2D eigenvalue weighted by Gasteiger charge is -2.22. The van der Waals surface area contributed by atoms with E-state index in [2.05, 4.69) is 44.3 Å². The third-order valence-corrected chi connectivity index (χ3v) is 3.65. The molecule has 1 fully saturated rings. The first-order valence-corrected chi connectivity index (χ1v) is 7.20. The van der Waals surface area contributed by atoms with Crippen LogP contribution in [0.25, 0.3) is 0 Å². The van der Waals surface area contributed by atoms with Crippen molar-refractivity contribution in [3.8, 4) is 0 Å². The van der Waals surface area contributed by atoms with Crippen molar-refractivity contribution in [2.45, 2.75) is 39.3 Å². The molecule has 0 bridgehead atoms. The Labute approximate surface area is 116 Å². The van der Waals surface area contributed by atoms with Crippen molar-refractivity contribution in [2.24, 2.45) is 0 Å². The van der Waals surface area contributed by atoms with E-state index in [1.165, 1.54) is 16.7 Å². The van der Waals surface area contributed by atoms with Crippen molar-refractivity contribution in [3.63, 3.8) is 0 Å². The van der Waals surface area contributed by atoms with Crippen LogP contribution < -0.4 is 5.32 Å². The summed E-state index contributed by atoms with van der Waals surface area (Å²) < 4.78 is 11.3. The number of hydrogen-bond acceptors (Lipinski definition) is 3. The predicted octanol–water partition coefficient (Wildman–Crippen LogP) is 2.76. The van der Waals surface area contributed by atoms with E-state index < -0.39 is 0 Å². The minimum atomic E-state index is 0.269. The lowest BCUT2D eigenvalue weighted by atomic mass is 9.99. The monoisotopic (exact) mass is 263 g/mol. The number of benzene rings is 1. The van der Waals surface area contributed by atoms with Gasteiger partial charge in [-0.15, -0.1) is 0 Å². The highest BCUT2D eigenvalue weighted by Crippen LogP contribution is 2.21. The zero-order valence-corrected chi connectivity index (χ0v) is 12.2. The van der Waals surface area contributed by atoms with Crippen LogP contribution in [0, 0.1) is 13.8 Å². The molecule has 3 heteroatoms. The summed E-state index contributed by atoms with van der Waals surface area (Å²) in [6.07, 6.45) is 1.29. The molecule has 0 saturated carbocycles. The smallest absolute Gasteiger partial charge is 0.0831 e. The lowest BCUT2D eigenvalue weighted by molar-refractivity contribution is 0.0299. The molecule has 1 aromatic carbocycles. The Balaban J connectivity index is 2.03. The Morgan fingerprint density at radius 3 is 2.95 bits per heavy atom. The fraction of sp³-hybridized carbons (Fsp3) is 0.625. The maximum Gasteiger partial charge on any atom is 0.0831 e. The Morgan fingerprint density at radius 2 is 2.26 bits per heavy atom. The predicted molar refractivity (Wildman–Crippen MR) is 77.5 cm³/mol. The zero-order valence-electron chi connectivity index (χ0n) is 12.2. The quantitative estimate of drug-likeness (QED) is 0.856. The molecule has 1 aromatic rings. The van der Waals surface area contributed by atoms with Crippen LogP contribution in [-0.2, 0) is 9.47 Å². The molecule has 0 aliphatic carbocycles. The fourth-order valence-electron chi connectivity index (χ4n) is 2.52. The average molecular weight is 263 g/mol. The number of hydrogen-bond donors (Lipinski definition) is 1. The zero-order chi connectivity index (χ0) is 13.7. The van der Waals surface area contributed by atoms with Gasteiger partial charge in [0.05, 0.1) is 25.4 Å². The first-order valence-electron chi connectivity index (χ1n) is 7.20. The molecule has 1 saturated heterocycles. The third kappa shape index (κ3) is 4.03. The first kappa shape index (κ1) is 14.5. The van der Waals surface area contributed by atoms with E-state index in [0.29, 0.717) is 6.61 Å². The second-order valence-electron chi connectivity index (χ2n) is 5.29. The molecule has 1 aliphatic rings. The van der Waals surface area contributed by atoms with Crippen molar-refractivity contribution in [2.75, 3.05) is 26.4 Å². The van der Waals surface area contributed by atoms with Crippen LogP contribution in [0.3, 0.4) is 0 Å². The summed E-state index contributed by atoms with van der Waals surface area (Å²) in [5, 5.41) is 3.53. The third-order valence-electron chi connectivity index (χ3n) is 3.65. The summed E-state index contributed by atoms with van der Waals surface area (Å²) in [6, 6.07) is 6.88. The largest absolute Gasteiger partial charge is 0.379 e. The van der Waals surface area contributed by atoms with Crippen LogP contribution in [0.2, 0.25) is 0 Å². The van der Waals surface area contributed by atoms with Crippen LogP contribution in [0.5, 0.6) is 0 Å². The van der Waals surface area contributed by atoms with E-state index in [4.69, 9.17) is 9.47 Å². The van der Waals surface area contributed by atoms with E-state index in [9.17, 15) is 0 Å². The summed E-state index contributed by atoms with van der Waals surface area (Å²) in [5.74, 6) is 0. The summed E-state index contributed by atoms with van der Waals surface area (Å²) in [4.78, 5) is 0. The van der Waals surface area contributed by atoms with Crippen molar-refractivity contribution >= 4 is 0 Å². The highest BCUT2D eigenvalue weighted by atomic mass is 16.5. The summed E-state index contributed by atoms with van der Waals surface area (Å²) in [6.45, 7) is 9.67. The standard InChI is InChI=1S/C16H25NO2/c1-4-17-16(11-19-14-7-8-18-10-14)15-9-12(2)5-6-13(15)3/h5-6,9,14,16-17H,4,7-8,10-11H2,1-3H3. The Hall–Kier alpha value is -0.900. The number of aryl methyl sites for hydroxylation is 2. The van der Waals surface area contributed by atoms with Gasteiger partial charge in [-0.2, -0.15) is 0 Å². The maximum atomic E-state index is 5.98. The Morgan fingerprint density at radius 1 is 1.42 bits per heavy atom. The highest BCUT2D eigenvalue weighted by Gasteiger charge is 2.19. The van der Waals surface area contributed by atoms with Gasteiger partial charge in [0.15, 0.2) is 0 Å². The molecule has 0 aromatic heterocycles. The van der Waals surface area contributed by atoms with E-state index >= 15 is 0 Å². The Kier molecular flexibility index (Phi) is 5.37. The maximum absolute atomic E-state index is 5.98. The van der Waals surface area contributed by atoms with Gasteiger partial charge in [-0.1, -0.05) is 30.7 Å². The van der Waals surface area contributed by atoms with Gasteiger partial charge in [0.25, 0.3) is 0 Å². The normalized spacial score (nSPS) is 20.7. The minimum Gasteiger partial charge on any atom is -0.379 e.